The van der Waals surface area contributed by atoms with E-state index in [1.165, 1.54) is 42.0 Å². The van der Waals surface area contributed by atoms with Crippen LogP contribution < -0.4 is 0 Å². The Morgan fingerprint density at radius 2 is 1.16 bits per heavy atom. The molecule has 4 nitrogen and oxygen atoms in total. The Kier molecular flexibility index (Phi) is 4.84. The van der Waals surface area contributed by atoms with Crippen molar-refractivity contribution in [1.82, 2.24) is 19.7 Å². The lowest BCUT2D eigenvalue weighted by Gasteiger charge is -2.12. The zero-order chi connectivity index (χ0) is 28.8. The third-order valence-corrected chi connectivity index (χ3v) is 10.0. The van der Waals surface area contributed by atoms with Gasteiger partial charge in [0.05, 0.1) is 11.0 Å². The molecule has 0 saturated carbocycles. The highest BCUT2D eigenvalue weighted by Gasteiger charge is 2.18. The first-order chi connectivity index (χ1) is 21.8. The van der Waals surface area contributed by atoms with Crippen molar-refractivity contribution < 1.29 is 0 Å². The summed E-state index contributed by atoms with van der Waals surface area (Å²) in [6.07, 6.45) is 0. The molecule has 3 heterocycles. The predicted octanol–water partition coefficient (Wildman–Crippen LogP) is 10.5. The molecule has 0 N–H and O–H groups in total. The lowest BCUT2D eigenvalue weighted by molar-refractivity contribution is 1.04. The van der Waals surface area contributed by atoms with Gasteiger partial charge in [-0.05, 0) is 53.2 Å². The van der Waals surface area contributed by atoms with E-state index in [4.69, 9.17) is 15.2 Å². The van der Waals surface area contributed by atoms with Crippen molar-refractivity contribution >= 4 is 85.9 Å². The van der Waals surface area contributed by atoms with Gasteiger partial charge in [0.1, 0.15) is 11.0 Å². The molecule has 3 aromatic heterocycles. The van der Waals surface area contributed by atoms with Crippen molar-refractivity contribution in [3.8, 4) is 17.1 Å². The first-order valence-corrected chi connectivity index (χ1v) is 15.5. The fraction of sp³-hybridized carbons (Fsp3) is 0. The van der Waals surface area contributed by atoms with E-state index in [1.807, 2.05) is 0 Å². The van der Waals surface area contributed by atoms with Gasteiger partial charge in [-0.3, -0.25) is 0 Å². The van der Waals surface area contributed by atoms with Crippen LogP contribution in [0.1, 0.15) is 0 Å². The summed E-state index contributed by atoms with van der Waals surface area (Å²) in [6.45, 7) is 0. The first-order valence-electron chi connectivity index (χ1n) is 14.7. The fourth-order valence-electron chi connectivity index (χ4n) is 6.90. The van der Waals surface area contributed by atoms with Gasteiger partial charge in [0.15, 0.2) is 5.82 Å². The molecule has 0 aliphatic carbocycles. The number of thiophene rings is 1. The van der Waals surface area contributed by atoms with Crippen LogP contribution >= 0.6 is 11.3 Å². The standard InChI is InChI=1S/C39H22N4S/c1-2-10-24(11-3-1)43-33-16-8-6-13-26(33)31-21-32-30(22-34(31)43)25-12-4-5-15-29(25)37-38(32)41-42-39(40-37)23-18-19-28-27-14-7-9-17-35(27)44-36(28)20-23/h1-22H. The van der Waals surface area contributed by atoms with Crippen LogP contribution in [-0.4, -0.2) is 19.7 Å². The Hall–Kier alpha value is -5.65. The molecule has 0 atom stereocenters. The predicted molar refractivity (Wildman–Crippen MR) is 185 cm³/mol. The molecule has 0 aliphatic heterocycles. The van der Waals surface area contributed by atoms with Crippen LogP contribution in [0.5, 0.6) is 0 Å². The van der Waals surface area contributed by atoms with Crippen LogP contribution in [-0.2, 0) is 0 Å². The number of fused-ring (bicyclic) bond motifs is 12. The Bertz CT molecular complexity index is 2780. The van der Waals surface area contributed by atoms with Gasteiger partial charge in [-0.25, -0.2) is 4.98 Å². The number of hydrogen-bond donors (Lipinski definition) is 0. The summed E-state index contributed by atoms with van der Waals surface area (Å²) in [4.78, 5) is 5.21. The van der Waals surface area contributed by atoms with E-state index in [0.717, 1.165) is 43.8 Å². The number of benzene rings is 7. The molecule has 0 aliphatic rings. The number of rotatable bonds is 2. The molecule has 0 unspecified atom stereocenters. The maximum Gasteiger partial charge on any atom is 0.182 e. The molecule has 0 spiro atoms. The van der Waals surface area contributed by atoms with Crippen molar-refractivity contribution in [2.75, 3.05) is 0 Å². The molecule has 0 fully saturated rings. The van der Waals surface area contributed by atoms with Crippen LogP contribution in [0.25, 0.3) is 91.6 Å². The summed E-state index contributed by atoms with van der Waals surface area (Å²) in [7, 11) is 0. The Balaban J connectivity index is 1.27. The van der Waals surface area contributed by atoms with Gasteiger partial charge in [-0.15, -0.1) is 21.5 Å². The molecule has 204 valence electrons. The molecule has 0 bridgehead atoms. The molecule has 0 radical (unpaired) electrons. The average molecular weight is 579 g/mol. The highest BCUT2D eigenvalue weighted by molar-refractivity contribution is 7.25. The maximum atomic E-state index is 5.21. The summed E-state index contributed by atoms with van der Waals surface area (Å²) in [5.74, 6) is 0.642. The van der Waals surface area contributed by atoms with Crippen molar-refractivity contribution in [1.29, 1.82) is 0 Å². The second kappa shape index (κ2) is 8.93. The number of aromatic nitrogens is 4. The van der Waals surface area contributed by atoms with Crippen LogP contribution in [0.3, 0.4) is 0 Å². The average Bonchev–Trinajstić information content (AvgIpc) is 3.62. The van der Waals surface area contributed by atoms with E-state index in [2.05, 4.69) is 138 Å². The lowest BCUT2D eigenvalue weighted by Crippen LogP contribution is -1.97. The second-order valence-electron chi connectivity index (χ2n) is 11.3. The van der Waals surface area contributed by atoms with Gasteiger partial charge in [0.25, 0.3) is 0 Å². The Morgan fingerprint density at radius 3 is 2.05 bits per heavy atom. The highest BCUT2D eigenvalue weighted by Crippen LogP contribution is 2.41. The molecular weight excluding hydrogens is 557 g/mol. The lowest BCUT2D eigenvalue weighted by atomic mass is 9.97. The second-order valence-corrected chi connectivity index (χ2v) is 12.4. The molecule has 10 rings (SSSR count). The SMILES string of the molecule is c1ccc(-n2c3ccccc3c3cc4c(cc32)c2ccccc2c2nc(-c3ccc5c(c3)sc3ccccc35)nnc42)cc1. The van der Waals surface area contributed by atoms with E-state index in [1.54, 1.807) is 11.3 Å². The van der Waals surface area contributed by atoms with Crippen LogP contribution in [0, 0.1) is 0 Å². The summed E-state index contributed by atoms with van der Waals surface area (Å²) in [5, 5.41) is 19.0. The maximum absolute atomic E-state index is 5.21. The van der Waals surface area contributed by atoms with Gasteiger partial charge < -0.3 is 4.57 Å². The first kappa shape index (κ1) is 23.9. The van der Waals surface area contributed by atoms with E-state index in [9.17, 15) is 0 Å². The molecule has 44 heavy (non-hydrogen) atoms. The van der Waals surface area contributed by atoms with Crippen molar-refractivity contribution in [2.24, 2.45) is 0 Å². The summed E-state index contributed by atoms with van der Waals surface area (Å²) in [6, 6.07) is 47.4. The monoisotopic (exact) mass is 578 g/mol. The minimum absolute atomic E-state index is 0.642. The van der Waals surface area contributed by atoms with Gasteiger partial charge in [-0.2, -0.15) is 0 Å². The zero-order valence-corrected chi connectivity index (χ0v) is 24.2. The van der Waals surface area contributed by atoms with Crippen LogP contribution in [0.15, 0.2) is 133 Å². The Labute approximate surface area is 255 Å². The number of hydrogen-bond acceptors (Lipinski definition) is 4. The highest BCUT2D eigenvalue weighted by atomic mass is 32.1. The third kappa shape index (κ3) is 3.30. The number of para-hydroxylation sites is 2. The summed E-state index contributed by atoms with van der Waals surface area (Å²) in [5.41, 5.74) is 6.17. The minimum Gasteiger partial charge on any atom is -0.309 e. The van der Waals surface area contributed by atoms with E-state index in [0.29, 0.717) is 5.82 Å². The molecule has 0 saturated heterocycles. The van der Waals surface area contributed by atoms with Gasteiger partial charge in [0, 0.05) is 53.0 Å². The zero-order valence-electron chi connectivity index (χ0n) is 23.4. The topological polar surface area (TPSA) is 43.6 Å². The van der Waals surface area contributed by atoms with Gasteiger partial charge >= 0.3 is 0 Å². The van der Waals surface area contributed by atoms with Gasteiger partial charge in [0.2, 0.25) is 0 Å². The largest absolute Gasteiger partial charge is 0.309 e. The van der Waals surface area contributed by atoms with Crippen molar-refractivity contribution in [2.45, 2.75) is 0 Å². The van der Waals surface area contributed by atoms with Crippen molar-refractivity contribution in [3.63, 3.8) is 0 Å². The normalized spacial score (nSPS) is 12.1. The summed E-state index contributed by atoms with van der Waals surface area (Å²) >= 11 is 1.80. The van der Waals surface area contributed by atoms with E-state index in [-0.39, 0.29) is 0 Å². The molecule has 5 heteroatoms. The summed E-state index contributed by atoms with van der Waals surface area (Å²) < 4.78 is 4.88. The molecular formula is C39H22N4S. The molecule has 0 amide bonds. The van der Waals surface area contributed by atoms with Crippen LogP contribution in [0.4, 0.5) is 0 Å². The van der Waals surface area contributed by atoms with Crippen molar-refractivity contribution in [3.05, 3.63) is 133 Å². The number of nitrogens with zero attached hydrogens (tertiary/aromatic N) is 4. The quantitative estimate of drug-likeness (QED) is 0.192. The molecule has 10 aromatic rings. The Morgan fingerprint density at radius 1 is 0.432 bits per heavy atom. The smallest absolute Gasteiger partial charge is 0.182 e. The van der Waals surface area contributed by atoms with Crippen LogP contribution in [0.2, 0.25) is 0 Å². The fourth-order valence-corrected chi connectivity index (χ4v) is 8.04. The van der Waals surface area contributed by atoms with E-state index >= 15 is 0 Å². The van der Waals surface area contributed by atoms with E-state index < -0.39 is 0 Å². The minimum atomic E-state index is 0.642. The third-order valence-electron chi connectivity index (χ3n) is 8.88. The molecule has 7 aromatic carbocycles. The van der Waals surface area contributed by atoms with Gasteiger partial charge in [-0.1, -0.05) is 91.0 Å².